The maximum Gasteiger partial charge on any atom is 0.326 e. The molecule has 0 aliphatic carbocycles. The first-order valence-corrected chi connectivity index (χ1v) is 8.06. The lowest BCUT2D eigenvalue weighted by Gasteiger charge is -2.16. The molecule has 0 aromatic carbocycles. The van der Waals surface area contributed by atoms with E-state index >= 15 is 0 Å². The Bertz CT molecular complexity index is 279. The zero-order chi connectivity index (χ0) is 15.4. The van der Waals surface area contributed by atoms with E-state index in [4.69, 9.17) is 5.11 Å². The number of amides is 1. The van der Waals surface area contributed by atoms with Crippen molar-refractivity contribution in [2.24, 2.45) is 5.92 Å². The van der Waals surface area contributed by atoms with Gasteiger partial charge in [-0.3, -0.25) is 4.79 Å². The summed E-state index contributed by atoms with van der Waals surface area (Å²) in [5, 5.41) is 11.5. The molecular weight excluding hydrogens is 254 g/mol. The van der Waals surface area contributed by atoms with Crippen LogP contribution in [0.25, 0.3) is 0 Å². The first-order valence-electron chi connectivity index (χ1n) is 8.06. The summed E-state index contributed by atoms with van der Waals surface area (Å²) in [6.45, 7) is 5.85. The van der Waals surface area contributed by atoms with E-state index < -0.39 is 12.0 Å². The van der Waals surface area contributed by atoms with E-state index in [-0.39, 0.29) is 11.8 Å². The van der Waals surface area contributed by atoms with Crippen molar-refractivity contribution in [1.82, 2.24) is 5.32 Å². The Balaban J connectivity index is 3.72. The fraction of sp³-hybridized carbons (Fsp3) is 0.875. The fourth-order valence-electron chi connectivity index (χ4n) is 2.19. The highest BCUT2D eigenvalue weighted by Crippen LogP contribution is 2.13. The number of hydrogen-bond acceptors (Lipinski definition) is 2. The predicted molar refractivity (Wildman–Crippen MR) is 81.6 cm³/mol. The van der Waals surface area contributed by atoms with E-state index in [1.165, 1.54) is 32.1 Å². The molecule has 1 amide bonds. The summed E-state index contributed by atoms with van der Waals surface area (Å²) in [7, 11) is 0. The number of unbranched alkanes of at least 4 members (excludes halogenated alkanes) is 6. The zero-order valence-electron chi connectivity index (χ0n) is 13.3. The largest absolute Gasteiger partial charge is 0.480 e. The molecule has 0 saturated carbocycles. The maximum absolute atomic E-state index is 11.8. The van der Waals surface area contributed by atoms with E-state index in [1.807, 2.05) is 6.92 Å². The van der Waals surface area contributed by atoms with Crippen LogP contribution in [0.4, 0.5) is 0 Å². The third-order valence-electron chi connectivity index (χ3n) is 3.71. The summed E-state index contributed by atoms with van der Waals surface area (Å²) in [4.78, 5) is 22.7. The number of carboxylic acids is 1. The predicted octanol–water partition coefficient (Wildman–Crippen LogP) is 3.74. The van der Waals surface area contributed by atoms with Crippen molar-refractivity contribution >= 4 is 11.9 Å². The molecule has 0 aliphatic rings. The molecule has 0 saturated heterocycles. The molecule has 0 fully saturated rings. The average molecular weight is 285 g/mol. The normalized spacial score (nSPS) is 13.8. The van der Waals surface area contributed by atoms with Crippen molar-refractivity contribution in [3.05, 3.63) is 0 Å². The Kier molecular flexibility index (Phi) is 11.1. The van der Waals surface area contributed by atoms with Crippen molar-refractivity contribution in [2.75, 3.05) is 0 Å². The van der Waals surface area contributed by atoms with Crippen LogP contribution in [0.5, 0.6) is 0 Å². The second-order valence-electron chi connectivity index (χ2n) is 5.62. The van der Waals surface area contributed by atoms with Gasteiger partial charge in [0.2, 0.25) is 5.91 Å². The van der Waals surface area contributed by atoms with Gasteiger partial charge in [0.15, 0.2) is 0 Å². The second kappa shape index (κ2) is 11.7. The minimum Gasteiger partial charge on any atom is -0.480 e. The molecule has 2 N–H and O–H groups in total. The van der Waals surface area contributed by atoms with Gasteiger partial charge >= 0.3 is 5.97 Å². The molecule has 20 heavy (non-hydrogen) atoms. The van der Waals surface area contributed by atoms with Gasteiger partial charge in [0.05, 0.1) is 0 Å². The molecule has 1 unspecified atom stereocenters. The molecule has 0 heterocycles. The number of carboxylic acid groups (broad SMARTS) is 1. The summed E-state index contributed by atoms with van der Waals surface area (Å²) in [5.41, 5.74) is 0. The molecule has 0 bridgehead atoms. The van der Waals surface area contributed by atoms with Crippen LogP contribution in [0.15, 0.2) is 0 Å². The van der Waals surface area contributed by atoms with Crippen LogP contribution in [0.2, 0.25) is 0 Å². The van der Waals surface area contributed by atoms with Crippen LogP contribution in [-0.2, 0) is 9.59 Å². The lowest BCUT2D eigenvalue weighted by molar-refractivity contribution is -0.142. The van der Waals surface area contributed by atoms with E-state index in [9.17, 15) is 9.59 Å². The first kappa shape index (κ1) is 18.9. The third-order valence-corrected chi connectivity index (χ3v) is 3.71. The molecule has 0 aliphatic heterocycles. The van der Waals surface area contributed by atoms with E-state index in [0.29, 0.717) is 6.42 Å². The summed E-state index contributed by atoms with van der Waals surface area (Å²) >= 11 is 0. The van der Waals surface area contributed by atoms with Crippen LogP contribution >= 0.6 is 0 Å². The first-order chi connectivity index (χ1) is 9.52. The molecule has 4 nitrogen and oxygen atoms in total. The lowest BCUT2D eigenvalue weighted by atomic mass is 10.0. The number of nitrogens with one attached hydrogen (secondary N) is 1. The van der Waals surface area contributed by atoms with Gasteiger partial charge in [0.1, 0.15) is 6.04 Å². The Morgan fingerprint density at radius 1 is 1.00 bits per heavy atom. The van der Waals surface area contributed by atoms with Crippen LogP contribution in [0.1, 0.15) is 78.6 Å². The Morgan fingerprint density at radius 3 is 2.05 bits per heavy atom. The molecule has 4 heteroatoms. The Hall–Kier alpha value is -1.06. The molecule has 0 radical (unpaired) electrons. The van der Waals surface area contributed by atoms with Crippen LogP contribution in [0.3, 0.4) is 0 Å². The minimum absolute atomic E-state index is 0.0981. The van der Waals surface area contributed by atoms with Gasteiger partial charge in [0, 0.05) is 5.92 Å². The third kappa shape index (κ3) is 8.94. The van der Waals surface area contributed by atoms with Gasteiger partial charge in [0.25, 0.3) is 0 Å². The number of rotatable bonds is 12. The number of aliphatic carboxylic acids is 1. The van der Waals surface area contributed by atoms with Gasteiger partial charge in [-0.25, -0.2) is 4.79 Å². The quantitative estimate of drug-likeness (QED) is 0.537. The Labute approximate surface area is 123 Å². The SMILES string of the molecule is CCCCCCCCCC(C)C(=O)N[C@@H](CC)C(=O)O. The molecule has 118 valence electrons. The van der Waals surface area contributed by atoms with Crippen molar-refractivity contribution in [1.29, 1.82) is 0 Å². The van der Waals surface area contributed by atoms with Crippen LogP contribution in [-0.4, -0.2) is 23.0 Å². The molecule has 0 spiro atoms. The summed E-state index contributed by atoms with van der Waals surface area (Å²) < 4.78 is 0. The van der Waals surface area contributed by atoms with Crippen molar-refractivity contribution in [3.8, 4) is 0 Å². The van der Waals surface area contributed by atoms with Gasteiger partial charge in [-0.15, -0.1) is 0 Å². The molecule has 2 atom stereocenters. The van der Waals surface area contributed by atoms with Crippen molar-refractivity contribution < 1.29 is 14.7 Å². The van der Waals surface area contributed by atoms with E-state index in [1.54, 1.807) is 6.92 Å². The molecule has 0 aromatic heterocycles. The zero-order valence-corrected chi connectivity index (χ0v) is 13.3. The summed E-state index contributed by atoms with van der Waals surface area (Å²) in [6.07, 6.45) is 9.88. The highest BCUT2D eigenvalue weighted by Gasteiger charge is 2.20. The van der Waals surface area contributed by atoms with Gasteiger partial charge in [-0.2, -0.15) is 0 Å². The van der Waals surface area contributed by atoms with Crippen LogP contribution < -0.4 is 5.32 Å². The highest BCUT2D eigenvalue weighted by atomic mass is 16.4. The molecular formula is C16H31NO3. The average Bonchev–Trinajstić information content (AvgIpc) is 2.42. The van der Waals surface area contributed by atoms with Crippen LogP contribution in [0, 0.1) is 5.92 Å². The van der Waals surface area contributed by atoms with Gasteiger partial charge in [-0.05, 0) is 12.8 Å². The Morgan fingerprint density at radius 2 is 1.55 bits per heavy atom. The van der Waals surface area contributed by atoms with Gasteiger partial charge in [-0.1, -0.05) is 65.7 Å². The number of carbonyl (C=O) groups is 2. The smallest absolute Gasteiger partial charge is 0.326 e. The van der Waals surface area contributed by atoms with Crippen molar-refractivity contribution in [2.45, 2.75) is 84.6 Å². The molecule has 0 rings (SSSR count). The maximum atomic E-state index is 11.8. The topological polar surface area (TPSA) is 66.4 Å². The van der Waals surface area contributed by atoms with E-state index in [2.05, 4.69) is 12.2 Å². The summed E-state index contributed by atoms with van der Waals surface area (Å²) in [6, 6.07) is -0.751. The standard InChI is InChI=1S/C16H31NO3/c1-4-6-7-8-9-10-11-12-13(3)15(18)17-14(5-2)16(19)20/h13-14H,4-12H2,1-3H3,(H,17,18)(H,19,20)/t13?,14-/m0/s1. The highest BCUT2D eigenvalue weighted by molar-refractivity contribution is 5.84. The number of hydrogen-bond donors (Lipinski definition) is 2. The monoisotopic (exact) mass is 285 g/mol. The molecule has 0 aromatic rings. The lowest BCUT2D eigenvalue weighted by Crippen LogP contribution is -2.42. The minimum atomic E-state index is -0.955. The number of carbonyl (C=O) groups excluding carboxylic acids is 1. The fourth-order valence-corrected chi connectivity index (χ4v) is 2.19. The van der Waals surface area contributed by atoms with Gasteiger partial charge < -0.3 is 10.4 Å². The van der Waals surface area contributed by atoms with E-state index in [0.717, 1.165) is 19.3 Å². The second-order valence-corrected chi connectivity index (χ2v) is 5.62. The summed E-state index contributed by atoms with van der Waals surface area (Å²) in [5.74, 6) is -1.19. The van der Waals surface area contributed by atoms with Crippen molar-refractivity contribution in [3.63, 3.8) is 0 Å².